The quantitative estimate of drug-likeness (QED) is 0.701. The zero-order valence-corrected chi connectivity index (χ0v) is 7.61. The highest BCUT2D eigenvalue weighted by atomic mass is 16.4. The fourth-order valence-electron chi connectivity index (χ4n) is 0.543. The number of aliphatic hydroxyl groups excluding tert-OH is 1. The van der Waals surface area contributed by atoms with E-state index in [4.69, 9.17) is 9.52 Å². The van der Waals surface area contributed by atoms with Crippen molar-refractivity contribution in [3.8, 4) is 0 Å². The van der Waals surface area contributed by atoms with Gasteiger partial charge in [-0.15, -0.1) is 0 Å². The van der Waals surface area contributed by atoms with E-state index in [1.54, 1.807) is 6.07 Å². The molecule has 0 aliphatic rings. The van der Waals surface area contributed by atoms with Crippen molar-refractivity contribution in [3.63, 3.8) is 0 Å². The number of ketones is 1. The van der Waals surface area contributed by atoms with Crippen LogP contribution in [0.2, 0.25) is 0 Å². The minimum absolute atomic E-state index is 0.159. The second-order valence-corrected chi connectivity index (χ2v) is 2.49. The van der Waals surface area contributed by atoms with Gasteiger partial charge in [0.2, 0.25) is 0 Å². The average Bonchev–Trinajstić information content (AvgIpc) is 2.50. The molecule has 0 saturated carbocycles. The van der Waals surface area contributed by atoms with Crippen molar-refractivity contribution in [2.45, 2.75) is 20.5 Å². The van der Waals surface area contributed by atoms with Crippen LogP contribution in [0.3, 0.4) is 0 Å². The molecule has 1 heterocycles. The van der Waals surface area contributed by atoms with Gasteiger partial charge in [0.05, 0.1) is 0 Å². The zero-order chi connectivity index (χ0) is 10.3. The van der Waals surface area contributed by atoms with E-state index in [1.165, 1.54) is 19.9 Å². The van der Waals surface area contributed by atoms with Crippen LogP contribution >= 0.6 is 0 Å². The fourth-order valence-corrected chi connectivity index (χ4v) is 0.543. The lowest BCUT2D eigenvalue weighted by molar-refractivity contribution is -0.114. The Morgan fingerprint density at radius 2 is 2.08 bits per heavy atom. The first-order valence-corrected chi connectivity index (χ1v) is 3.72. The van der Waals surface area contributed by atoms with Crippen molar-refractivity contribution in [1.29, 1.82) is 0 Å². The molecule has 0 radical (unpaired) electrons. The molecule has 0 aliphatic carbocycles. The summed E-state index contributed by atoms with van der Waals surface area (Å²) >= 11 is 0. The Kier molecular flexibility index (Phi) is 5.47. The largest absolute Gasteiger partial charge is 0.456 e. The first kappa shape index (κ1) is 11.6. The van der Waals surface area contributed by atoms with Gasteiger partial charge in [-0.25, -0.2) is 0 Å². The lowest BCUT2D eigenvalue weighted by Crippen LogP contribution is -1.74. The average molecular weight is 184 g/mol. The molecule has 1 N–H and O–H groups in total. The van der Waals surface area contributed by atoms with Gasteiger partial charge in [0.15, 0.2) is 12.0 Å². The van der Waals surface area contributed by atoms with Gasteiger partial charge in [-0.1, -0.05) is 0 Å². The monoisotopic (exact) mass is 184 g/mol. The molecule has 0 aliphatic heterocycles. The number of furan rings is 1. The van der Waals surface area contributed by atoms with Crippen LogP contribution in [0.25, 0.3) is 0 Å². The van der Waals surface area contributed by atoms with Crippen molar-refractivity contribution in [1.82, 2.24) is 0 Å². The zero-order valence-electron chi connectivity index (χ0n) is 7.61. The van der Waals surface area contributed by atoms with E-state index >= 15 is 0 Å². The number of hydrogen-bond donors (Lipinski definition) is 1. The van der Waals surface area contributed by atoms with Crippen LogP contribution in [-0.2, 0) is 11.4 Å². The molecule has 13 heavy (non-hydrogen) atoms. The van der Waals surface area contributed by atoms with E-state index in [-0.39, 0.29) is 18.2 Å². The Balaban J connectivity index is 0.000000310. The van der Waals surface area contributed by atoms with Crippen LogP contribution in [-0.4, -0.2) is 17.2 Å². The van der Waals surface area contributed by atoms with Gasteiger partial charge in [0.25, 0.3) is 0 Å². The minimum Gasteiger partial charge on any atom is -0.456 e. The van der Waals surface area contributed by atoms with Crippen LogP contribution in [0.4, 0.5) is 0 Å². The third-order valence-corrected chi connectivity index (χ3v) is 0.954. The van der Waals surface area contributed by atoms with Crippen LogP contribution in [0.5, 0.6) is 0 Å². The van der Waals surface area contributed by atoms with Crippen molar-refractivity contribution >= 4 is 12.1 Å². The summed E-state index contributed by atoms with van der Waals surface area (Å²) < 4.78 is 4.76. The maximum absolute atomic E-state index is 9.96. The first-order valence-electron chi connectivity index (χ1n) is 3.72. The van der Waals surface area contributed by atoms with Gasteiger partial charge in [0, 0.05) is 0 Å². The van der Waals surface area contributed by atoms with E-state index in [2.05, 4.69) is 0 Å². The summed E-state index contributed by atoms with van der Waals surface area (Å²) in [6, 6.07) is 3.07. The summed E-state index contributed by atoms with van der Waals surface area (Å²) in [5, 5.41) is 8.44. The van der Waals surface area contributed by atoms with E-state index in [1.807, 2.05) is 0 Å². The summed E-state index contributed by atoms with van der Waals surface area (Å²) in [4.78, 5) is 19.4. The van der Waals surface area contributed by atoms with Gasteiger partial charge in [-0.3, -0.25) is 4.79 Å². The highest BCUT2D eigenvalue weighted by Crippen LogP contribution is 2.03. The van der Waals surface area contributed by atoms with Gasteiger partial charge in [-0.05, 0) is 26.0 Å². The molecule has 1 rings (SSSR count). The number of carbonyl (C=O) groups is 2. The standard InChI is InChI=1S/C6H6O3.C3H6O/c7-3-5-1-2-6(4-8)9-5;1-3(2)4/h1-3,8H,4H2;1-2H3. The van der Waals surface area contributed by atoms with Gasteiger partial charge in [-0.2, -0.15) is 0 Å². The third kappa shape index (κ3) is 5.81. The predicted molar refractivity (Wildman–Crippen MR) is 46.4 cm³/mol. The second-order valence-electron chi connectivity index (χ2n) is 2.49. The van der Waals surface area contributed by atoms with Gasteiger partial charge < -0.3 is 14.3 Å². The van der Waals surface area contributed by atoms with Crippen LogP contribution in [0, 0.1) is 0 Å². The highest BCUT2D eigenvalue weighted by Gasteiger charge is 1.96. The molecule has 0 atom stereocenters. The summed E-state index contributed by atoms with van der Waals surface area (Å²) in [5.74, 6) is 0.830. The summed E-state index contributed by atoms with van der Waals surface area (Å²) in [6.45, 7) is 2.90. The van der Waals surface area contributed by atoms with Crippen molar-refractivity contribution in [2.24, 2.45) is 0 Å². The van der Waals surface area contributed by atoms with Crippen LogP contribution in [0.1, 0.15) is 30.2 Å². The molecule has 4 heteroatoms. The number of hydrogen-bond acceptors (Lipinski definition) is 4. The molecule has 1 aromatic rings. The Labute approximate surface area is 76.2 Å². The smallest absolute Gasteiger partial charge is 0.185 e. The molecule has 4 nitrogen and oxygen atoms in total. The van der Waals surface area contributed by atoms with Crippen LogP contribution < -0.4 is 0 Å². The summed E-state index contributed by atoms with van der Waals surface area (Å²) in [6.07, 6.45) is 0.596. The topological polar surface area (TPSA) is 67.5 Å². The maximum atomic E-state index is 9.96. The molecule has 72 valence electrons. The molecule has 0 aromatic carbocycles. The van der Waals surface area contributed by atoms with E-state index in [0.717, 1.165) is 0 Å². The van der Waals surface area contributed by atoms with Gasteiger partial charge >= 0.3 is 0 Å². The SMILES string of the molecule is CC(C)=O.O=Cc1ccc(CO)o1. The molecule has 0 fully saturated rings. The molecule has 0 amide bonds. The Morgan fingerprint density at radius 3 is 2.31 bits per heavy atom. The normalized spacial score (nSPS) is 8.54. The summed E-state index contributed by atoms with van der Waals surface area (Å²) in [7, 11) is 0. The number of rotatable bonds is 2. The Bertz CT molecular complexity index is 271. The van der Waals surface area contributed by atoms with Crippen molar-refractivity contribution in [2.75, 3.05) is 0 Å². The van der Waals surface area contributed by atoms with E-state index < -0.39 is 0 Å². The Hall–Kier alpha value is -1.42. The molecular formula is C9H12O4. The highest BCUT2D eigenvalue weighted by molar-refractivity contribution is 5.72. The van der Waals surface area contributed by atoms with Gasteiger partial charge in [0.1, 0.15) is 18.2 Å². The number of Topliss-reactive ketones (excluding diaryl/α,β-unsaturated/α-hetero) is 1. The third-order valence-electron chi connectivity index (χ3n) is 0.954. The van der Waals surface area contributed by atoms with Crippen molar-refractivity contribution in [3.05, 3.63) is 23.7 Å². The summed E-state index contributed by atoms with van der Waals surface area (Å²) in [5.41, 5.74) is 0. The predicted octanol–water partition coefficient (Wildman–Crippen LogP) is 1.18. The lowest BCUT2D eigenvalue weighted by atomic mass is 10.4. The number of carbonyl (C=O) groups excluding carboxylic acids is 2. The molecular weight excluding hydrogens is 172 g/mol. The Morgan fingerprint density at radius 1 is 1.54 bits per heavy atom. The van der Waals surface area contributed by atoms with Crippen LogP contribution in [0.15, 0.2) is 16.5 Å². The minimum atomic E-state index is -0.159. The fraction of sp³-hybridized carbons (Fsp3) is 0.333. The molecule has 0 spiro atoms. The molecule has 0 unspecified atom stereocenters. The number of aliphatic hydroxyl groups is 1. The molecule has 0 bridgehead atoms. The molecule has 0 saturated heterocycles. The molecule has 1 aromatic heterocycles. The number of aldehydes is 1. The van der Waals surface area contributed by atoms with Crippen molar-refractivity contribution < 1.29 is 19.1 Å². The maximum Gasteiger partial charge on any atom is 0.185 e. The lowest BCUT2D eigenvalue weighted by Gasteiger charge is -1.82. The first-order chi connectivity index (χ1) is 6.10. The second kappa shape index (κ2) is 6.14. The van der Waals surface area contributed by atoms with E-state index in [0.29, 0.717) is 12.0 Å². The van der Waals surface area contributed by atoms with E-state index in [9.17, 15) is 9.59 Å².